The number of anilines is 1. The molecule has 0 saturated carbocycles. The average Bonchev–Trinajstić information content (AvgIpc) is 2.82. The predicted molar refractivity (Wildman–Crippen MR) is 88.4 cm³/mol. The highest BCUT2D eigenvalue weighted by Gasteiger charge is 2.03. The predicted octanol–water partition coefficient (Wildman–Crippen LogP) is 1.89. The summed E-state index contributed by atoms with van der Waals surface area (Å²) >= 11 is 1.72. The number of thiazole rings is 1. The van der Waals surface area contributed by atoms with Gasteiger partial charge in [0.05, 0.1) is 10.7 Å². The lowest BCUT2D eigenvalue weighted by Crippen LogP contribution is -2.22. The Bertz CT molecular complexity index is 644. The number of hydrogen-bond donors (Lipinski definition) is 2. The van der Waals surface area contributed by atoms with Gasteiger partial charge in [-0.25, -0.2) is 15.0 Å². The van der Waals surface area contributed by atoms with Crippen LogP contribution in [0.5, 0.6) is 0 Å². The second kappa shape index (κ2) is 7.65. The first-order valence-corrected chi connectivity index (χ1v) is 7.82. The number of nitrogens with zero attached hydrogens (tertiary/aromatic N) is 3. The number of aromatic nitrogens is 3. The minimum Gasteiger partial charge on any atom is -0.368 e. The molecule has 0 atom stereocenters. The maximum absolute atomic E-state index is 11.7. The van der Waals surface area contributed by atoms with Crippen LogP contribution in [0.15, 0.2) is 18.5 Å². The topological polar surface area (TPSA) is 93.8 Å². The molecule has 0 aliphatic heterocycles. The molecule has 2 rings (SSSR count). The van der Waals surface area contributed by atoms with Crippen LogP contribution < -0.4 is 11.1 Å². The summed E-state index contributed by atoms with van der Waals surface area (Å²) in [6, 6.07) is 0. The molecule has 0 bridgehead atoms. The van der Waals surface area contributed by atoms with Gasteiger partial charge in [0.15, 0.2) is 0 Å². The Morgan fingerprint density at radius 3 is 2.73 bits per heavy atom. The van der Waals surface area contributed by atoms with Crippen molar-refractivity contribution in [2.45, 2.75) is 26.7 Å². The minimum atomic E-state index is -0.136. The smallest absolute Gasteiger partial charge is 0.244 e. The number of rotatable bonds is 6. The summed E-state index contributed by atoms with van der Waals surface area (Å²) in [5.74, 6) is 0.0811. The van der Waals surface area contributed by atoms with Gasteiger partial charge in [0.2, 0.25) is 11.9 Å². The van der Waals surface area contributed by atoms with E-state index in [1.165, 1.54) is 11.0 Å². The van der Waals surface area contributed by atoms with Crippen molar-refractivity contribution in [2.75, 3.05) is 12.3 Å². The van der Waals surface area contributed by atoms with Gasteiger partial charge in [0.25, 0.3) is 0 Å². The van der Waals surface area contributed by atoms with Crippen molar-refractivity contribution < 1.29 is 4.79 Å². The molecule has 0 aromatic carbocycles. The molecule has 6 nitrogen and oxygen atoms in total. The van der Waals surface area contributed by atoms with E-state index in [0.29, 0.717) is 6.54 Å². The number of nitrogen functional groups attached to an aromatic ring is 1. The van der Waals surface area contributed by atoms with E-state index in [-0.39, 0.29) is 11.9 Å². The largest absolute Gasteiger partial charge is 0.368 e. The lowest BCUT2D eigenvalue weighted by atomic mass is 10.3. The number of carbonyl (C=O) groups is 1. The highest BCUT2D eigenvalue weighted by atomic mass is 32.1. The SMILES string of the molecule is Cc1nc(CCCNC(=O)/C=C/c2cnc(N)nc2)sc1C. The van der Waals surface area contributed by atoms with Gasteiger partial charge < -0.3 is 11.1 Å². The summed E-state index contributed by atoms with van der Waals surface area (Å²) in [5, 5.41) is 3.97. The molecule has 7 heteroatoms. The van der Waals surface area contributed by atoms with E-state index in [2.05, 4.69) is 27.2 Å². The summed E-state index contributed by atoms with van der Waals surface area (Å²) in [6.45, 7) is 4.71. The summed E-state index contributed by atoms with van der Waals surface area (Å²) in [7, 11) is 0. The molecule has 0 saturated heterocycles. The van der Waals surface area contributed by atoms with E-state index in [0.717, 1.165) is 29.1 Å². The van der Waals surface area contributed by atoms with Crippen LogP contribution in [-0.4, -0.2) is 27.4 Å². The number of amides is 1. The fraction of sp³-hybridized carbons (Fsp3) is 0.333. The van der Waals surface area contributed by atoms with Gasteiger partial charge in [0, 0.05) is 41.9 Å². The summed E-state index contributed by atoms with van der Waals surface area (Å²) in [5.41, 5.74) is 7.22. The van der Waals surface area contributed by atoms with Gasteiger partial charge >= 0.3 is 0 Å². The third kappa shape index (κ3) is 4.92. The number of nitrogens with one attached hydrogen (secondary N) is 1. The Hall–Kier alpha value is -2.28. The van der Waals surface area contributed by atoms with Crippen LogP contribution in [0.1, 0.15) is 27.6 Å². The van der Waals surface area contributed by atoms with Gasteiger partial charge in [-0.1, -0.05) is 0 Å². The Balaban J connectivity index is 1.70. The first-order valence-electron chi connectivity index (χ1n) is 7.01. The molecule has 0 aliphatic rings. The lowest BCUT2D eigenvalue weighted by molar-refractivity contribution is -0.116. The third-order valence-corrected chi connectivity index (χ3v) is 4.19. The minimum absolute atomic E-state index is 0.136. The van der Waals surface area contributed by atoms with E-state index in [1.54, 1.807) is 29.8 Å². The maximum Gasteiger partial charge on any atom is 0.244 e. The van der Waals surface area contributed by atoms with Gasteiger partial charge in [-0.15, -0.1) is 11.3 Å². The number of hydrogen-bond acceptors (Lipinski definition) is 6. The molecule has 3 N–H and O–H groups in total. The normalized spacial score (nSPS) is 11.0. The van der Waals surface area contributed by atoms with Gasteiger partial charge in [-0.2, -0.15) is 0 Å². The second-order valence-corrected chi connectivity index (χ2v) is 6.14. The zero-order valence-electron chi connectivity index (χ0n) is 12.7. The summed E-state index contributed by atoms with van der Waals surface area (Å²) in [6.07, 6.45) is 8.01. The Kier molecular flexibility index (Phi) is 5.60. The standard InChI is InChI=1S/C15H19N5OS/c1-10-11(2)22-14(20-10)4-3-7-17-13(21)6-5-12-8-18-15(16)19-9-12/h5-6,8-9H,3-4,7H2,1-2H3,(H,17,21)(H2,16,18,19)/b6-5+. The van der Waals surface area contributed by atoms with Crippen LogP contribution >= 0.6 is 11.3 Å². The van der Waals surface area contributed by atoms with E-state index in [1.807, 2.05) is 6.92 Å². The van der Waals surface area contributed by atoms with Crippen molar-refractivity contribution in [3.05, 3.63) is 39.6 Å². The molecule has 2 heterocycles. The second-order valence-electron chi connectivity index (χ2n) is 4.85. The van der Waals surface area contributed by atoms with Crippen LogP contribution in [-0.2, 0) is 11.2 Å². The fourth-order valence-corrected chi connectivity index (χ4v) is 2.74. The lowest BCUT2D eigenvalue weighted by Gasteiger charge is -2.00. The van der Waals surface area contributed by atoms with Crippen molar-refractivity contribution in [1.82, 2.24) is 20.3 Å². The Morgan fingerprint density at radius 1 is 1.36 bits per heavy atom. The molecular formula is C15H19N5OS. The van der Waals surface area contributed by atoms with Crippen molar-refractivity contribution in [3.8, 4) is 0 Å². The zero-order valence-corrected chi connectivity index (χ0v) is 13.5. The molecule has 0 unspecified atom stereocenters. The van der Waals surface area contributed by atoms with E-state index in [9.17, 15) is 4.79 Å². The third-order valence-electron chi connectivity index (χ3n) is 3.06. The number of carbonyl (C=O) groups excluding carboxylic acids is 1. The summed E-state index contributed by atoms with van der Waals surface area (Å²) in [4.78, 5) is 25.1. The monoisotopic (exact) mass is 317 g/mol. The average molecular weight is 317 g/mol. The highest BCUT2D eigenvalue weighted by Crippen LogP contribution is 2.17. The van der Waals surface area contributed by atoms with Crippen LogP contribution in [0, 0.1) is 13.8 Å². The molecule has 2 aromatic rings. The molecular weight excluding hydrogens is 298 g/mol. The molecule has 116 valence electrons. The van der Waals surface area contributed by atoms with Crippen molar-refractivity contribution >= 4 is 29.3 Å². The zero-order chi connectivity index (χ0) is 15.9. The first kappa shape index (κ1) is 16.1. The van der Waals surface area contributed by atoms with E-state index in [4.69, 9.17) is 5.73 Å². The van der Waals surface area contributed by atoms with Crippen LogP contribution in [0.4, 0.5) is 5.95 Å². The maximum atomic E-state index is 11.7. The molecule has 0 aliphatic carbocycles. The van der Waals surface area contributed by atoms with E-state index < -0.39 is 0 Å². The molecule has 0 fully saturated rings. The van der Waals surface area contributed by atoms with Crippen LogP contribution in [0.2, 0.25) is 0 Å². The van der Waals surface area contributed by atoms with Gasteiger partial charge in [-0.05, 0) is 26.3 Å². The van der Waals surface area contributed by atoms with Crippen molar-refractivity contribution in [2.24, 2.45) is 0 Å². The molecule has 22 heavy (non-hydrogen) atoms. The first-order chi connectivity index (χ1) is 10.5. The Labute approximate surface area is 133 Å². The fourth-order valence-electron chi connectivity index (χ4n) is 1.76. The molecule has 1 amide bonds. The highest BCUT2D eigenvalue weighted by molar-refractivity contribution is 7.11. The van der Waals surface area contributed by atoms with Crippen LogP contribution in [0.3, 0.4) is 0 Å². The quantitative estimate of drug-likeness (QED) is 0.627. The molecule has 0 radical (unpaired) electrons. The van der Waals surface area contributed by atoms with Crippen molar-refractivity contribution in [3.63, 3.8) is 0 Å². The molecule has 2 aromatic heterocycles. The van der Waals surface area contributed by atoms with Gasteiger partial charge in [-0.3, -0.25) is 4.79 Å². The Morgan fingerprint density at radius 2 is 2.09 bits per heavy atom. The van der Waals surface area contributed by atoms with Gasteiger partial charge in [0.1, 0.15) is 0 Å². The van der Waals surface area contributed by atoms with Crippen molar-refractivity contribution in [1.29, 1.82) is 0 Å². The summed E-state index contributed by atoms with van der Waals surface area (Å²) < 4.78 is 0. The number of nitrogens with two attached hydrogens (primary N) is 1. The van der Waals surface area contributed by atoms with E-state index >= 15 is 0 Å². The number of aryl methyl sites for hydroxylation is 3. The van der Waals surface area contributed by atoms with Crippen LogP contribution in [0.25, 0.3) is 6.08 Å². The molecule has 0 spiro atoms.